The first-order valence-electron chi connectivity index (χ1n) is 7.68. The first-order valence-corrected chi connectivity index (χ1v) is 7.68. The molecule has 4 rings (SSSR count). The van der Waals surface area contributed by atoms with Crippen molar-refractivity contribution >= 4 is 5.97 Å². The predicted molar refractivity (Wildman–Crippen MR) is 73.3 cm³/mol. The Kier molecular flexibility index (Phi) is 2.42. The van der Waals surface area contributed by atoms with Gasteiger partial charge in [0.05, 0.1) is 18.6 Å². The zero-order valence-corrected chi connectivity index (χ0v) is 12.9. The van der Waals surface area contributed by atoms with E-state index in [0.717, 1.165) is 12.8 Å². The van der Waals surface area contributed by atoms with Gasteiger partial charge in [-0.05, 0) is 25.7 Å². The number of hydrogen-bond acceptors (Lipinski definition) is 5. The summed E-state index contributed by atoms with van der Waals surface area (Å²) < 4.78 is 17.2. The lowest BCUT2D eigenvalue weighted by atomic mass is 9.52. The molecule has 0 bridgehead atoms. The molecule has 4 aliphatic rings. The van der Waals surface area contributed by atoms with Crippen molar-refractivity contribution in [3.8, 4) is 0 Å². The van der Waals surface area contributed by atoms with Gasteiger partial charge in [-0.2, -0.15) is 0 Å². The van der Waals surface area contributed by atoms with Gasteiger partial charge >= 0.3 is 5.97 Å². The van der Waals surface area contributed by atoms with Gasteiger partial charge in [-0.15, -0.1) is 0 Å². The molecule has 3 fully saturated rings. The summed E-state index contributed by atoms with van der Waals surface area (Å²) in [5.41, 5.74) is 0.248. The van der Waals surface area contributed by atoms with Crippen molar-refractivity contribution < 1.29 is 24.1 Å². The van der Waals surface area contributed by atoms with Crippen molar-refractivity contribution in [2.75, 3.05) is 7.11 Å². The molecule has 5 heteroatoms. The van der Waals surface area contributed by atoms with E-state index in [0.29, 0.717) is 23.5 Å². The smallest absolute Gasteiger partial charge is 0.336 e. The summed E-state index contributed by atoms with van der Waals surface area (Å²) in [5.74, 6) is -1.22. The maximum Gasteiger partial charge on any atom is 0.336 e. The number of aliphatic hydroxyl groups is 1. The summed E-state index contributed by atoms with van der Waals surface area (Å²) in [6, 6.07) is 0. The molecule has 2 saturated carbocycles. The van der Waals surface area contributed by atoms with Crippen molar-refractivity contribution in [1.82, 2.24) is 0 Å². The Morgan fingerprint density at radius 1 is 1.38 bits per heavy atom. The average molecular weight is 294 g/mol. The first-order chi connectivity index (χ1) is 9.82. The molecule has 0 aromatic rings. The molecule has 1 N–H and O–H groups in total. The van der Waals surface area contributed by atoms with Crippen LogP contribution < -0.4 is 0 Å². The van der Waals surface area contributed by atoms with E-state index >= 15 is 0 Å². The van der Waals surface area contributed by atoms with Gasteiger partial charge in [0.2, 0.25) is 5.79 Å². The quantitative estimate of drug-likeness (QED) is 0.587. The normalized spacial score (nSPS) is 54.7. The summed E-state index contributed by atoms with van der Waals surface area (Å²) in [5, 5.41) is 11.1. The fourth-order valence-electron chi connectivity index (χ4n) is 5.04. The number of epoxide rings is 1. The third-order valence-electron chi connectivity index (χ3n) is 6.66. The molecular weight excluding hydrogens is 272 g/mol. The molecule has 0 amide bonds. The zero-order valence-electron chi connectivity index (χ0n) is 12.9. The van der Waals surface area contributed by atoms with Crippen LogP contribution in [0.5, 0.6) is 0 Å². The van der Waals surface area contributed by atoms with Crippen LogP contribution in [0.25, 0.3) is 0 Å². The van der Waals surface area contributed by atoms with Gasteiger partial charge in [-0.1, -0.05) is 13.8 Å². The molecule has 6 atom stereocenters. The second-order valence-corrected chi connectivity index (χ2v) is 7.22. The lowest BCUT2D eigenvalue weighted by Crippen LogP contribution is -2.63. The monoisotopic (exact) mass is 294 g/mol. The number of aliphatic hydroxyl groups excluding tert-OH is 1. The standard InChI is InChI=1S/C16H22O5/c1-8-5-6-10-15(20-10)7-16(19-4)11(9(2)13(18)21-16)12(17)14(8,15)3/h8,10,12,17H,5-7H2,1-4H3/t8-,10+,12+,14-,15+,16-/m0/s1. The van der Waals surface area contributed by atoms with Gasteiger partial charge in [-0.25, -0.2) is 4.79 Å². The molecule has 2 heterocycles. The van der Waals surface area contributed by atoms with E-state index in [9.17, 15) is 9.90 Å². The van der Waals surface area contributed by atoms with Gasteiger partial charge in [0.15, 0.2) is 0 Å². The highest BCUT2D eigenvalue weighted by Gasteiger charge is 2.79. The maximum atomic E-state index is 12.0. The lowest BCUT2D eigenvalue weighted by molar-refractivity contribution is -0.233. The minimum atomic E-state index is -1.15. The van der Waals surface area contributed by atoms with Crippen LogP contribution in [0, 0.1) is 11.3 Å². The van der Waals surface area contributed by atoms with Crippen LogP contribution in [-0.4, -0.2) is 41.8 Å². The van der Waals surface area contributed by atoms with Gasteiger partial charge < -0.3 is 19.3 Å². The predicted octanol–water partition coefficient (Wildman–Crippen LogP) is 1.54. The van der Waals surface area contributed by atoms with Crippen LogP contribution in [-0.2, 0) is 19.0 Å². The third-order valence-corrected chi connectivity index (χ3v) is 6.66. The molecule has 2 aliphatic heterocycles. The average Bonchev–Trinajstić information content (AvgIpc) is 3.09. The van der Waals surface area contributed by atoms with Crippen molar-refractivity contribution in [3.63, 3.8) is 0 Å². The fraction of sp³-hybridized carbons (Fsp3) is 0.812. The molecule has 0 aromatic carbocycles. The molecule has 5 nitrogen and oxygen atoms in total. The van der Waals surface area contributed by atoms with Crippen LogP contribution in [0.4, 0.5) is 0 Å². The molecule has 0 radical (unpaired) electrons. The first kappa shape index (κ1) is 13.7. The summed E-state index contributed by atoms with van der Waals surface area (Å²) in [4.78, 5) is 12.0. The number of esters is 1. The Morgan fingerprint density at radius 3 is 2.76 bits per heavy atom. The summed E-state index contributed by atoms with van der Waals surface area (Å²) in [6.07, 6.45) is 1.87. The van der Waals surface area contributed by atoms with E-state index < -0.39 is 28.9 Å². The molecule has 0 unspecified atom stereocenters. The molecular formula is C16H22O5. The second-order valence-electron chi connectivity index (χ2n) is 7.22. The molecule has 1 saturated heterocycles. The number of fused-ring (bicyclic) bond motifs is 1. The van der Waals surface area contributed by atoms with Gasteiger partial charge in [0.25, 0.3) is 0 Å². The highest BCUT2D eigenvalue weighted by molar-refractivity contribution is 5.92. The largest absolute Gasteiger partial charge is 0.425 e. The van der Waals surface area contributed by atoms with E-state index in [4.69, 9.17) is 14.2 Å². The van der Waals surface area contributed by atoms with Crippen LogP contribution in [0.2, 0.25) is 0 Å². The van der Waals surface area contributed by atoms with Gasteiger partial charge in [-0.3, -0.25) is 0 Å². The molecule has 1 spiro atoms. The minimum absolute atomic E-state index is 0.140. The third kappa shape index (κ3) is 1.28. The lowest BCUT2D eigenvalue weighted by Gasteiger charge is -2.54. The van der Waals surface area contributed by atoms with Gasteiger partial charge in [0, 0.05) is 23.7 Å². The summed E-state index contributed by atoms with van der Waals surface area (Å²) in [7, 11) is 1.53. The van der Waals surface area contributed by atoms with Gasteiger partial charge in [0.1, 0.15) is 5.60 Å². The summed E-state index contributed by atoms with van der Waals surface area (Å²) in [6.45, 7) is 5.96. The minimum Gasteiger partial charge on any atom is -0.425 e. The number of ether oxygens (including phenoxy) is 3. The molecule has 21 heavy (non-hydrogen) atoms. The van der Waals surface area contributed by atoms with Crippen LogP contribution in [0.15, 0.2) is 11.1 Å². The van der Waals surface area contributed by atoms with E-state index in [2.05, 4.69) is 13.8 Å². The second kappa shape index (κ2) is 3.70. The van der Waals surface area contributed by atoms with E-state index in [1.54, 1.807) is 6.92 Å². The van der Waals surface area contributed by atoms with Crippen LogP contribution in [0.3, 0.4) is 0 Å². The highest BCUT2D eigenvalue weighted by Crippen LogP contribution is 2.70. The topological polar surface area (TPSA) is 68.3 Å². The van der Waals surface area contributed by atoms with Crippen molar-refractivity contribution in [3.05, 3.63) is 11.1 Å². The number of methoxy groups -OCH3 is 1. The number of hydrogen-bond donors (Lipinski definition) is 1. The zero-order chi connectivity index (χ0) is 15.2. The number of carbonyl (C=O) groups is 1. The Hall–Kier alpha value is -0.910. The Bertz CT molecular complexity index is 569. The van der Waals surface area contributed by atoms with E-state index in [-0.39, 0.29) is 6.10 Å². The molecule has 0 aromatic heterocycles. The Morgan fingerprint density at radius 2 is 2.10 bits per heavy atom. The molecule has 2 aliphatic carbocycles. The number of rotatable bonds is 1. The van der Waals surface area contributed by atoms with Crippen molar-refractivity contribution in [2.45, 2.75) is 63.6 Å². The maximum absolute atomic E-state index is 12.0. The van der Waals surface area contributed by atoms with E-state index in [1.807, 2.05) is 0 Å². The SMILES string of the molecule is CO[C@]12C[C@@]34O[C@@H]3CC[C@H](C)[C@@]4(C)[C@H](O)C1=C(C)C(=O)O2. The highest BCUT2D eigenvalue weighted by atomic mass is 16.7. The summed E-state index contributed by atoms with van der Waals surface area (Å²) >= 11 is 0. The van der Waals surface area contributed by atoms with Crippen molar-refractivity contribution in [1.29, 1.82) is 0 Å². The number of carbonyl (C=O) groups excluding carboxylic acids is 1. The van der Waals surface area contributed by atoms with Crippen molar-refractivity contribution in [2.24, 2.45) is 11.3 Å². The van der Waals surface area contributed by atoms with E-state index in [1.165, 1.54) is 7.11 Å². The fourth-order valence-corrected chi connectivity index (χ4v) is 5.04. The Labute approximate surface area is 124 Å². The molecule has 116 valence electrons. The van der Waals surface area contributed by atoms with Crippen LogP contribution >= 0.6 is 0 Å². The van der Waals surface area contributed by atoms with Crippen LogP contribution in [0.1, 0.15) is 40.0 Å². The Balaban J connectivity index is 1.90.